The summed E-state index contributed by atoms with van der Waals surface area (Å²) in [7, 11) is 0. The second-order valence-corrected chi connectivity index (χ2v) is 3.61. The largest absolute Gasteiger partial charge is 0.262 e. The average molecular weight is 210 g/mol. The summed E-state index contributed by atoms with van der Waals surface area (Å²) >= 11 is 5.06. The summed E-state index contributed by atoms with van der Waals surface area (Å²) in [5, 5.41) is 6.89. The molecule has 5 heteroatoms. The highest BCUT2D eigenvalue weighted by Crippen LogP contribution is 2.11. The van der Waals surface area contributed by atoms with Gasteiger partial charge in [0.2, 0.25) is 5.82 Å². The maximum Gasteiger partial charge on any atom is 0.208 e. The van der Waals surface area contributed by atoms with Gasteiger partial charge in [0.05, 0.1) is 0 Å². The van der Waals surface area contributed by atoms with Crippen molar-refractivity contribution in [2.24, 2.45) is 4.99 Å². The summed E-state index contributed by atoms with van der Waals surface area (Å²) in [6.07, 6.45) is 2.63. The summed E-state index contributed by atoms with van der Waals surface area (Å²) < 4.78 is 0.456. The van der Waals surface area contributed by atoms with E-state index in [-0.39, 0.29) is 0 Å². The summed E-state index contributed by atoms with van der Waals surface area (Å²) in [6, 6.07) is 0. The third kappa shape index (κ3) is 2.70. The number of aliphatic imine (C=N–C) groups is 1. The summed E-state index contributed by atoms with van der Waals surface area (Å²) in [4.78, 5) is 8.30. The lowest BCUT2D eigenvalue weighted by Gasteiger charge is -2.02. The number of rotatable bonds is 3. The van der Waals surface area contributed by atoms with Gasteiger partial charge in [0.1, 0.15) is 5.82 Å². The summed E-state index contributed by atoms with van der Waals surface area (Å²) in [5.74, 6) is 1.59. The Balaban J connectivity index is 3.02. The monoisotopic (exact) mass is 210 g/mol. The van der Waals surface area contributed by atoms with Crippen LogP contribution in [0.5, 0.6) is 0 Å². The van der Waals surface area contributed by atoms with Crippen LogP contribution >= 0.6 is 12.2 Å². The molecule has 0 amide bonds. The molecule has 1 aromatic heterocycles. The molecular weight excluding hydrogens is 196 g/mol. The molecule has 1 rings (SSSR count). The first kappa shape index (κ1) is 11.0. The minimum absolute atomic E-state index is 0.299. The molecule has 0 fully saturated rings. The highest BCUT2D eigenvalue weighted by Gasteiger charge is 2.03. The second-order valence-electron chi connectivity index (χ2n) is 3.22. The first-order valence-corrected chi connectivity index (χ1v) is 5.05. The van der Waals surface area contributed by atoms with Crippen LogP contribution in [0.4, 0.5) is 5.82 Å². The van der Waals surface area contributed by atoms with Crippen molar-refractivity contribution in [3.8, 4) is 0 Å². The Morgan fingerprint density at radius 1 is 1.57 bits per heavy atom. The molecule has 0 aliphatic heterocycles. The fourth-order valence-corrected chi connectivity index (χ4v) is 1.06. The summed E-state index contributed by atoms with van der Waals surface area (Å²) in [6.45, 7) is 6.07. The molecular formula is C9H14N4S. The van der Waals surface area contributed by atoms with Gasteiger partial charge in [-0.3, -0.25) is 5.10 Å². The quantitative estimate of drug-likeness (QED) is 0.616. The molecule has 0 atom stereocenters. The first-order valence-electron chi connectivity index (χ1n) is 4.64. The molecule has 0 unspecified atom stereocenters. The van der Waals surface area contributed by atoms with Crippen LogP contribution in [0, 0.1) is 4.64 Å². The number of nitrogens with one attached hydrogen (secondary N) is 1. The SMILES string of the molecule is CCC=Nc1n[nH]c(C(C)C)nc1=S. The number of H-pyrrole nitrogens is 1. The van der Waals surface area contributed by atoms with Gasteiger partial charge in [-0.15, -0.1) is 0 Å². The van der Waals surface area contributed by atoms with Crippen molar-refractivity contribution in [1.82, 2.24) is 15.2 Å². The molecule has 1 aromatic rings. The molecule has 0 aliphatic carbocycles. The average Bonchev–Trinajstić information content (AvgIpc) is 2.15. The lowest BCUT2D eigenvalue weighted by atomic mass is 10.2. The fraction of sp³-hybridized carbons (Fsp3) is 0.556. The number of aromatic nitrogens is 3. The van der Waals surface area contributed by atoms with Gasteiger partial charge < -0.3 is 0 Å². The Kier molecular flexibility index (Phi) is 3.88. The van der Waals surface area contributed by atoms with E-state index < -0.39 is 0 Å². The molecule has 0 bridgehead atoms. The van der Waals surface area contributed by atoms with E-state index in [4.69, 9.17) is 12.2 Å². The van der Waals surface area contributed by atoms with E-state index in [0.717, 1.165) is 12.2 Å². The van der Waals surface area contributed by atoms with Crippen molar-refractivity contribution < 1.29 is 0 Å². The van der Waals surface area contributed by atoms with Gasteiger partial charge in [0.15, 0.2) is 4.64 Å². The zero-order chi connectivity index (χ0) is 10.6. The number of aromatic amines is 1. The topological polar surface area (TPSA) is 53.9 Å². The van der Waals surface area contributed by atoms with Crippen LogP contribution in [-0.4, -0.2) is 21.4 Å². The molecule has 0 saturated heterocycles. The van der Waals surface area contributed by atoms with Gasteiger partial charge in [-0.2, -0.15) is 5.10 Å². The van der Waals surface area contributed by atoms with Gasteiger partial charge in [-0.05, 0) is 6.42 Å². The van der Waals surface area contributed by atoms with Gasteiger partial charge >= 0.3 is 0 Å². The van der Waals surface area contributed by atoms with E-state index in [1.807, 2.05) is 20.8 Å². The molecule has 76 valence electrons. The molecule has 0 aromatic carbocycles. The normalized spacial score (nSPS) is 11.4. The lowest BCUT2D eigenvalue weighted by molar-refractivity contribution is 0.733. The van der Waals surface area contributed by atoms with Crippen LogP contribution in [0.1, 0.15) is 38.9 Å². The van der Waals surface area contributed by atoms with E-state index in [0.29, 0.717) is 16.4 Å². The zero-order valence-corrected chi connectivity index (χ0v) is 9.43. The molecule has 0 radical (unpaired) electrons. The Morgan fingerprint density at radius 2 is 2.29 bits per heavy atom. The molecule has 4 nitrogen and oxygen atoms in total. The second kappa shape index (κ2) is 4.95. The molecule has 0 spiro atoms. The van der Waals surface area contributed by atoms with Crippen molar-refractivity contribution in [2.75, 3.05) is 0 Å². The Bertz CT molecular complexity index is 381. The molecule has 1 heterocycles. The third-order valence-corrected chi connectivity index (χ3v) is 1.91. The molecule has 1 N–H and O–H groups in total. The standard InChI is InChI=1S/C9H14N4S/c1-4-5-10-8-9(14)11-7(6(2)3)12-13-8/h5-6H,4H2,1-3H3,(H,11,12,14). The Hall–Kier alpha value is -1.10. The maximum atomic E-state index is 5.06. The van der Waals surface area contributed by atoms with E-state index in [9.17, 15) is 0 Å². The minimum Gasteiger partial charge on any atom is -0.262 e. The van der Waals surface area contributed by atoms with Crippen molar-refractivity contribution in [3.63, 3.8) is 0 Å². The maximum absolute atomic E-state index is 5.06. The van der Waals surface area contributed by atoms with Crippen LogP contribution in [0.25, 0.3) is 0 Å². The van der Waals surface area contributed by atoms with Crippen molar-refractivity contribution >= 4 is 24.3 Å². The van der Waals surface area contributed by atoms with Gasteiger partial charge in [-0.1, -0.05) is 33.0 Å². The fourth-order valence-electron chi connectivity index (χ4n) is 0.862. The number of hydrogen-bond acceptors (Lipinski definition) is 4. The minimum atomic E-state index is 0.299. The smallest absolute Gasteiger partial charge is 0.208 e. The number of nitrogens with zero attached hydrogens (tertiary/aromatic N) is 3. The van der Waals surface area contributed by atoms with Crippen LogP contribution in [0.3, 0.4) is 0 Å². The predicted octanol–water partition coefficient (Wildman–Crippen LogP) is 2.77. The predicted molar refractivity (Wildman–Crippen MR) is 59.7 cm³/mol. The lowest BCUT2D eigenvalue weighted by Crippen LogP contribution is -1.99. The summed E-state index contributed by atoms with van der Waals surface area (Å²) in [5.41, 5.74) is 0. The number of hydrogen-bond donors (Lipinski definition) is 1. The van der Waals surface area contributed by atoms with Crippen LogP contribution in [0.15, 0.2) is 4.99 Å². The Morgan fingerprint density at radius 3 is 2.79 bits per heavy atom. The molecule has 0 aliphatic rings. The van der Waals surface area contributed by atoms with Crippen LogP contribution in [-0.2, 0) is 0 Å². The molecule has 0 saturated carbocycles. The molecule has 14 heavy (non-hydrogen) atoms. The van der Waals surface area contributed by atoms with E-state index in [2.05, 4.69) is 20.2 Å². The van der Waals surface area contributed by atoms with Crippen molar-refractivity contribution in [3.05, 3.63) is 10.5 Å². The van der Waals surface area contributed by atoms with Crippen molar-refractivity contribution in [1.29, 1.82) is 0 Å². The highest BCUT2D eigenvalue weighted by molar-refractivity contribution is 7.71. The van der Waals surface area contributed by atoms with Gasteiger partial charge in [0, 0.05) is 12.1 Å². The highest BCUT2D eigenvalue weighted by atomic mass is 32.1. The van der Waals surface area contributed by atoms with E-state index in [1.54, 1.807) is 6.21 Å². The Labute approximate surface area is 88.5 Å². The van der Waals surface area contributed by atoms with Gasteiger partial charge in [0.25, 0.3) is 0 Å². The first-order chi connectivity index (χ1) is 6.65. The third-order valence-electron chi connectivity index (χ3n) is 1.63. The van der Waals surface area contributed by atoms with E-state index >= 15 is 0 Å². The van der Waals surface area contributed by atoms with Gasteiger partial charge in [-0.25, -0.2) is 9.98 Å². The van der Waals surface area contributed by atoms with Crippen LogP contribution < -0.4 is 0 Å². The van der Waals surface area contributed by atoms with Crippen LogP contribution in [0.2, 0.25) is 0 Å². The van der Waals surface area contributed by atoms with E-state index in [1.165, 1.54) is 0 Å². The zero-order valence-electron chi connectivity index (χ0n) is 8.61. The van der Waals surface area contributed by atoms with Crippen molar-refractivity contribution in [2.45, 2.75) is 33.1 Å².